The maximum atomic E-state index is 14.4. The third-order valence-electron chi connectivity index (χ3n) is 8.59. The number of thiazole rings is 1. The molecule has 2 aromatic carbocycles. The van der Waals surface area contributed by atoms with E-state index in [0.717, 1.165) is 46.6 Å². The van der Waals surface area contributed by atoms with Gasteiger partial charge in [-0.1, -0.05) is 5.16 Å². The van der Waals surface area contributed by atoms with E-state index >= 15 is 0 Å². The normalized spacial score (nSPS) is 16.6. The first-order valence-corrected chi connectivity index (χ1v) is 21.1. The van der Waals surface area contributed by atoms with Crippen LogP contribution in [0.25, 0.3) is 5.78 Å². The molecule has 2 aliphatic heterocycles. The van der Waals surface area contributed by atoms with Crippen molar-refractivity contribution in [2.75, 3.05) is 17.2 Å². The van der Waals surface area contributed by atoms with Crippen LogP contribution in [0, 0.1) is 12.7 Å². The molecule has 0 saturated carbocycles. The number of phenolic OH excluding ortho intramolecular Hbond substituents is 4. The maximum Gasteiger partial charge on any atom is 1.00 e. The van der Waals surface area contributed by atoms with E-state index in [4.69, 9.17) is 10.6 Å². The van der Waals surface area contributed by atoms with Crippen molar-refractivity contribution >= 4 is 79.3 Å². The van der Waals surface area contributed by atoms with Crippen LogP contribution >= 0.6 is 34.9 Å². The average Bonchev–Trinajstić information content (AvgIpc) is 3.82. The second kappa shape index (κ2) is 17.8. The topological polar surface area (TPSA) is 317 Å². The molecular weight excluding hydrogens is 883 g/mol. The molecule has 1 fully saturated rings. The molecule has 5 heterocycles. The molecule has 1 saturated heterocycles. The van der Waals surface area contributed by atoms with Crippen molar-refractivity contribution in [3.05, 3.63) is 81.6 Å². The molecule has 2 amide bonds. The predicted molar refractivity (Wildman–Crippen MR) is 208 cm³/mol. The second-order valence-corrected chi connectivity index (χ2v) is 17.3. The van der Waals surface area contributed by atoms with Crippen molar-refractivity contribution in [2.45, 2.75) is 41.4 Å². The molecule has 7 rings (SSSR count). The quantitative estimate of drug-likeness (QED) is 0.0119. The third-order valence-corrected chi connectivity index (χ3v) is 13.1. The largest absolute Gasteiger partial charge is 1.00 e. The number of anilines is 1. The van der Waals surface area contributed by atoms with Crippen LogP contribution in [-0.4, -0.2) is 110 Å². The number of fused-ring (bicyclic) bond motifs is 2. The summed E-state index contributed by atoms with van der Waals surface area (Å²) in [6.45, 7) is 0.764. The van der Waals surface area contributed by atoms with Gasteiger partial charge in [-0.3, -0.25) is 14.5 Å². The number of amides is 2. The smallest absolute Gasteiger partial charge is 1.00 e. The molecule has 2 unspecified atom stereocenters. The molecular formula is C33H30FN10NaO11S4. The second-order valence-electron chi connectivity index (χ2n) is 12.5. The van der Waals surface area contributed by atoms with Gasteiger partial charge < -0.3 is 42.8 Å². The molecule has 0 spiro atoms. The Morgan fingerprint density at radius 2 is 1.87 bits per heavy atom. The first kappa shape index (κ1) is 44.3. The SMILES string of the molecule is Cc1cc(SCC2=C(C(=O)O)N3C(=O)C(NC(=O)/C(=N\OCc4ccc(O)c(O)c4F)c4csc(N)n4)C3SC2)n2nc(CNS(=O)(=O)c3ccc(O)c(O)c3)nc2n1.[H-].[Na+]. The summed E-state index contributed by atoms with van der Waals surface area (Å²) < 4.78 is 43.6. The molecule has 0 bridgehead atoms. The number of hydrogen-bond donors (Lipinski definition) is 8. The number of benzene rings is 2. The number of carbonyl (C=O) groups is 3. The van der Waals surface area contributed by atoms with Gasteiger partial charge >= 0.3 is 35.5 Å². The Hall–Kier alpha value is -5.22. The number of rotatable bonds is 14. The van der Waals surface area contributed by atoms with E-state index in [1.54, 1.807) is 13.0 Å². The number of nitrogens with two attached hydrogens (primary N) is 1. The number of halogens is 1. The summed E-state index contributed by atoms with van der Waals surface area (Å²) in [5.74, 6) is -6.58. The predicted octanol–water partition coefficient (Wildman–Crippen LogP) is -1.52. The average molecular weight is 913 g/mol. The third kappa shape index (κ3) is 8.94. The molecule has 3 aromatic heterocycles. The number of sulfonamides is 1. The number of aliphatic carboxylic acids is 1. The maximum absolute atomic E-state index is 14.4. The Labute approximate surface area is 373 Å². The van der Waals surface area contributed by atoms with Crippen molar-refractivity contribution in [3.8, 4) is 23.0 Å². The van der Waals surface area contributed by atoms with Crippen LogP contribution in [0.5, 0.6) is 23.0 Å². The van der Waals surface area contributed by atoms with E-state index in [0.29, 0.717) is 16.3 Å². The summed E-state index contributed by atoms with van der Waals surface area (Å²) in [5.41, 5.74) is 5.74. The van der Waals surface area contributed by atoms with Gasteiger partial charge in [-0.15, -0.1) is 40.0 Å². The van der Waals surface area contributed by atoms with Crippen molar-refractivity contribution in [3.63, 3.8) is 0 Å². The fraction of sp³-hybridized carbons (Fsp3) is 0.212. The van der Waals surface area contributed by atoms with Crippen molar-refractivity contribution in [1.29, 1.82) is 0 Å². The molecule has 2 aliphatic rings. The number of carboxylic acids is 1. The van der Waals surface area contributed by atoms with Gasteiger partial charge in [0.2, 0.25) is 10.0 Å². The number of hydrogen-bond acceptors (Lipinski definition) is 19. The van der Waals surface area contributed by atoms with Crippen molar-refractivity contribution in [2.24, 2.45) is 5.16 Å². The van der Waals surface area contributed by atoms with E-state index in [2.05, 4.69) is 35.2 Å². The van der Waals surface area contributed by atoms with Gasteiger partial charge in [0.1, 0.15) is 34.4 Å². The zero-order valence-corrected chi connectivity index (χ0v) is 36.2. The van der Waals surface area contributed by atoms with E-state index in [1.165, 1.54) is 33.4 Å². The zero-order chi connectivity index (χ0) is 42.3. The molecule has 5 aromatic rings. The van der Waals surface area contributed by atoms with E-state index < -0.39 is 80.4 Å². The van der Waals surface area contributed by atoms with Gasteiger partial charge in [-0.05, 0) is 42.8 Å². The van der Waals surface area contributed by atoms with Crippen molar-refractivity contribution in [1.82, 2.24) is 39.5 Å². The molecule has 21 nitrogen and oxygen atoms in total. The van der Waals surface area contributed by atoms with Crippen LogP contribution in [0.1, 0.15) is 24.2 Å². The van der Waals surface area contributed by atoms with Gasteiger partial charge in [0.25, 0.3) is 17.6 Å². The Bertz CT molecular complexity index is 2740. The number of aromatic nitrogens is 5. The monoisotopic (exact) mass is 912 g/mol. The van der Waals surface area contributed by atoms with Crippen LogP contribution in [0.3, 0.4) is 0 Å². The summed E-state index contributed by atoms with van der Waals surface area (Å²) in [6, 6.07) is 5.68. The van der Waals surface area contributed by atoms with Crippen LogP contribution in [0.4, 0.5) is 9.52 Å². The molecule has 9 N–H and O–H groups in total. The number of nitrogen functional groups attached to an aromatic ring is 1. The minimum atomic E-state index is -4.14. The van der Waals surface area contributed by atoms with Gasteiger partial charge in [0.05, 0.1) is 11.4 Å². The van der Waals surface area contributed by atoms with Crippen LogP contribution in [0.2, 0.25) is 0 Å². The summed E-state index contributed by atoms with van der Waals surface area (Å²) in [6.07, 6.45) is 0. The van der Waals surface area contributed by atoms with Crippen molar-refractivity contribution < 1.29 is 88.5 Å². The summed E-state index contributed by atoms with van der Waals surface area (Å²) in [7, 11) is -4.14. The van der Waals surface area contributed by atoms with E-state index in [-0.39, 0.29) is 87.6 Å². The zero-order valence-electron chi connectivity index (χ0n) is 31.9. The number of thioether (sulfide) groups is 2. The molecule has 60 heavy (non-hydrogen) atoms. The van der Waals surface area contributed by atoms with Crippen LogP contribution < -0.4 is 45.3 Å². The van der Waals surface area contributed by atoms with Crippen LogP contribution in [0.15, 0.2) is 68.1 Å². The number of nitrogens with one attached hydrogen (secondary N) is 2. The first-order chi connectivity index (χ1) is 28.0. The van der Waals surface area contributed by atoms with Gasteiger partial charge in [0, 0.05) is 34.2 Å². The fourth-order valence-electron chi connectivity index (χ4n) is 5.73. The molecule has 0 radical (unpaired) electrons. The first-order valence-electron chi connectivity index (χ1n) is 16.7. The molecule has 310 valence electrons. The number of aromatic hydroxyl groups is 4. The minimum Gasteiger partial charge on any atom is -1.00 e. The number of carboxylic acid groups (broad SMARTS) is 1. The Balaban J connectivity index is 0.00000352. The van der Waals surface area contributed by atoms with Gasteiger partial charge in [-0.2, -0.15) is 9.50 Å². The summed E-state index contributed by atoms with van der Waals surface area (Å²) in [4.78, 5) is 58.3. The Kier molecular flexibility index (Phi) is 13.1. The molecule has 2 atom stereocenters. The number of nitrogens with zero attached hydrogens (tertiary/aromatic N) is 7. The van der Waals surface area contributed by atoms with Gasteiger partial charge in [-0.25, -0.2) is 32.3 Å². The Morgan fingerprint density at radius 1 is 1.12 bits per heavy atom. The fourth-order valence-corrected chi connectivity index (χ4v) is 9.81. The number of oxime groups is 1. The number of phenols is 4. The molecule has 0 aliphatic carbocycles. The standard InChI is InChI=1S/C33H29FN10O11S4.Na.H/c1-13-6-22(44-33(37-13)39-21(41-44)8-36-59(53,54)16-3-5-18(45)20(47)7-16)56-10-15-11-57-30-25(29(50)43(30)26(15)31(51)52)40-28(49)24(17-12-58-32(35)38-17)42-55-9-14-2-4-19(46)27(48)23(14)34;;/h2-7,12,25,30,36,45-48H,8-11H2,1H3,(H2,35,38)(H,40,49)(H,51,52);;/q;+1;-1/b42-24-;;. The number of β-lactam (4-membered cyclic amide) rings is 1. The molecule has 27 heteroatoms. The van der Waals surface area contributed by atoms with Gasteiger partial charge in [0.15, 0.2) is 45.5 Å². The minimum absolute atomic E-state index is 0. The summed E-state index contributed by atoms with van der Waals surface area (Å²) >= 11 is 3.36. The van der Waals surface area contributed by atoms with Crippen LogP contribution in [-0.2, 0) is 42.4 Å². The number of aryl methyl sites for hydroxylation is 1. The Morgan fingerprint density at radius 3 is 2.57 bits per heavy atom. The van der Waals surface area contributed by atoms with E-state index in [9.17, 15) is 52.7 Å². The van der Waals surface area contributed by atoms with E-state index in [1.807, 2.05) is 0 Å². The summed E-state index contributed by atoms with van der Waals surface area (Å²) in [5, 5.41) is 60.5. The number of carbonyl (C=O) groups excluding carboxylic acids is 2.